The minimum absolute atomic E-state index is 0.0948. The highest BCUT2D eigenvalue weighted by molar-refractivity contribution is 5.42. The summed E-state index contributed by atoms with van der Waals surface area (Å²) >= 11 is 0. The fraction of sp³-hybridized carbons (Fsp3) is 0.478. The number of hydrogen-bond acceptors (Lipinski definition) is 4. The van der Waals surface area contributed by atoms with E-state index in [2.05, 4.69) is 55.6 Å². The van der Waals surface area contributed by atoms with Crippen LogP contribution in [0.4, 0.5) is 0 Å². The summed E-state index contributed by atoms with van der Waals surface area (Å²) in [6.45, 7) is 5.94. The molecule has 0 unspecified atom stereocenters. The molecule has 4 nitrogen and oxygen atoms in total. The number of hydrogen-bond donors (Lipinski definition) is 1. The van der Waals surface area contributed by atoms with Gasteiger partial charge in [0.2, 0.25) is 0 Å². The van der Waals surface area contributed by atoms with Crippen LogP contribution >= 0.6 is 0 Å². The zero-order valence-electron chi connectivity index (χ0n) is 16.8. The third-order valence-electron chi connectivity index (χ3n) is 5.33. The van der Waals surface area contributed by atoms with Crippen molar-refractivity contribution < 1.29 is 14.2 Å². The molecule has 146 valence electrons. The molecule has 1 aliphatic heterocycles. The lowest BCUT2D eigenvalue weighted by Gasteiger charge is -2.41. The van der Waals surface area contributed by atoms with Gasteiger partial charge in [0, 0.05) is 18.5 Å². The number of rotatable bonds is 7. The normalized spacial score (nSPS) is 21.6. The smallest absolute Gasteiger partial charge is 0.161 e. The monoisotopic (exact) mass is 369 g/mol. The maximum Gasteiger partial charge on any atom is 0.161 e. The van der Waals surface area contributed by atoms with Crippen LogP contribution in [0.1, 0.15) is 31.4 Å². The molecule has 1 aliphatic rings. The van der Waals surface area contributed by atoms with E-state index in [0.29, 0.717) is 12.0 Å². The van der Waals surface area contributed by atoms with Crippen LogP contribution in [0.3, 0.4) is 0 Å². The average Bonchev–Trinajstić information content (AvgIpc) is 2.68. The molecule has 0 aliphatic carbocycles. The molecule has 4 heteroatoms. The lowest BCUT2D eigenvalue weighted by molar-refractivity contribution is -0.0906. The Bertz CT molecular complexity index is 730. The molecular formula is C23H31NO3. The Kier molecular flexibility index (Phi) is 6.40. The summed E-state index contributed by atoms with van der Waals surface area (Å²) in [5.41, 5.74) is 2.46. The topological polar surface area (TPSA) is 39.7 Å². The van der Waals surface area contributed by atoms with Gasteiger partial charge in [0.15, 0.2) is 11.5 Å². The standard InChI is InChI=1S/C23H31NO3/c1-23(2)14-20(19(16-27-23)12-17-8-6-5-7-9-17)24-15-18-10-11-21(25-3)22(13-18)26-4/h5-11,13,19-20,24H,12,14-16H2,1-4H3/t19-,20-/m0/s1. The largest absolute Gasteiger partial charge is 0.493 e. The summed E-state index contributed by atoms with van der Waals surface area (Å²) in [4.78, 5) is 0. The van der Waals surface area contributed by atoms with Crippen molar-refractivity contribution in [3.8, 4) is 11.5 Å². The quantitative estimate of drug-likeness (QED) is 0.793. The Hall–Kier alpha value is -2.04. The Morgan fingerprint density at radius 3 is 2.44 bits per heavy atom. The summed E-state index contributed by atoms with van der Waals surface area (Å²) in [5.74, 6) is 1.99. The second-order valence-corrected chi connectivity index (χ2v) is 7.90. The van der Waals surface area contributed by atoms with Crippen LogP contribution in [-0.4, -0.2) is 32.5 Å². The van der Waals surface area contributed by atoms with Gasteiger partial charge in [-0.15, -0.1) is 0 Å². The second kappa shape index (κ2) is 8.77. The molecule has 3 rings (SSSR count). The molecular weight excluding hydrogens is 338 g/mol. The molecule has 2 aromatic rings. The highest BCUT2D eigenvalue weighted by Gasteiger charge is 2.35. The Morgan fingerprint density at radius 2 is 1.74 bits per heavy atom. The zero-order valence-corrected chi connectivity index (χ0v) is 16.8. The molecule has 27 heavy (non-hydrogen) atoms. The van der Waals surface area contributed by atoms with Crippen molar-refractivity contribution in [3.63, 3.8) is 0 Å². The van der Waals surface area contributed by atoms with Crippen LogP contribution < -0.4 is 14.8 Å². The predicted octanol–water partition coefficient (Wildman–Crippen LogP) is 4.22. The maximum atomic E-state index is 6.12. The predicted molar refractivity (Wildman–Crippen MR) is 108 cm³/mol. The van der Waals surface area contributed by atoms with Gasteiger partial charge in [-0.25, -0.2) is 0 Å². The van der Waals surface area contributed by atoms with Crippen LogP contribution in [0, 0.1) is 5.92 Å². The van der Waals surface area contributed by atoms with Gasteiger partial charge in [0.05, 0.1) is 26.4 Å². The summed E-state index contributed by atoms with van der Waals surface area (Å²) < 4.78 is 16.9. The van der Waals surface area contributed by atoms with Crippen LogP contribution in [0.25, 0.3) is 0 Å². The molecule has 0 aromatic heterocycles. The molecule has 2 aromatic carbocycles. The fourth-order valence-electron chi connectivity index (χ4n) is 3.80. The van der Waals surface area contributed by atoms with Gasteiger partial charge in [-0.2, -0.15) is 0 Å². The van der Waals surface area contributed by atoms with Crippen molar-refractivity contribution in [2.45, 2.75) is 44.9 Å². The van der Waals surface area contributed by atoms with Crippen molar-refractivity contribution >= 4 is 0 Å². The molecule has 0 radical (unpaired) electrons. The maximum absolute atomic E-state index is 6.12. The summed E-state index contributed by atoms with van der Waals surface area (Å²) in [7, 11) is 3.33. The van der Waals surface area contributed by atoms with Crippen molar-refractivity contribution in [3.05, 3.63) is 59.7 Å². The second-order valence-electron chi connectivity index (χ2n) is 7.90. The number of nitrogens with one attached hydrogen (secondary N) is 1. The third kappa shape index (κ3) is 5.24. The van der Waals surface area contributed by atoms with E-state index in [-0.39, 0.29) is 5.60 Å². The van der Waals surface area contributed by atoms with Crippen LogP contribution in [0.2, 0.25) is 0 Å². The third-order valence-corrected chi connectivity index (χ3v) is 5.33. The van der Waals surface area contributed by atoms with Gasteiger partial charge in [-0.1, -0.05) is 36.4 Å². The lowest BCUT2D eigenvalue weighted by Crippen LogP contribution is -2.50. The molecule has 0 amide bonds. The van der Waals surface area contributed by atoms with Gasteiger partial charge in [0.25, 0.3) is 0 Å². The molecule has 1 fully saturated rings. The van der Waals surface area contributed by atoms with Gasteiger partial charge in [0.1, 0.15) is 0 Å². The Balaban J connectivity index is 1.69. The molecule has 2 atom stereocenters. The first-order valence-corrected chi connectivity index (χ1v) is 9.63. The summed E-state index contributed by atoms with van der Waals surface area (Å²) in [6, 6.07) is 17.2. The van der Waals surface area contributed by atoms with E-state index in [0.717, 1.165) is 37.5 Å². The number of benzene rings is 2. The van der Waals surface area contributed by atoms with E-state index in [1.54, 1.807) is 14.2 Å². The Labute approximate surface area is 162 Å². The number of ether oxygens (including phenoxy) is 3. The SMILES string of the molecule is COc1ccc(CN[C@H]2CC(C)(C)OC[C@@H]2Cc2ccccc2)cc1OC. The van der Waals surface area contributed by atoms with E-state index in [1.165, 1.54) is 11.1 Å². The highest BCUT2D eigenvalue weighted by atomic mass is 16.5. The van der Waals surface area contributed by atoms with E-state index >= 15 is 0 Å². The van der Waals surface area contributed by atoms with Crippen molar-refractivity contribution in [1.82, 2.24) is 5.32 Å². The van der Waals surface area contributed by atoms with Crippen LogP contribution in [0.15, 0.2) is 48.5 Å². The summed E-state index contributed by atoms with van der Waals surface area (Å²) in [6.07, 6.45) is 2.03. The fourth-order valence-corrected chi connectivity index (χ4v) is 3.80. The van der Waals surface area contributed by atoms with Gasteiger partial charge < -0.3 is 19.5 Å². The van der Waals surface area contributed by atoms with E-state index in [1.807, 2.05) is 12.1 Å². The summed E-state index contributed by atoms with van der Waals surface area (Å²) in [5, 5.41) is 3.78. The minimum atomic E-state index is -0.0948. The minimum Gasteiger partial charge on any atom is -0.493 e. The zero-order chi connectivity index (χ0) is 19.3. The van der Waals surface area contributed by atoms with Crippen molar-refractivity contribution in [1.29, 1.82) is 0 Å². The first-order valence-electron chi connectivity index (χ1n) is 9.63. The van der Waals surface area contributed by atoms with Gasteiger partial charge in [-0.05, 0) is 49.9 Å². The van der Waals surface area contributed by atoms with E-state index in [4.69, 9.17) is 14.2 Å². The van der Waals surface area contributed by atoms with Crippen LogP contribution in [-0.2, 0) is 17.7 Å². The first-order chi connectivity index (χ1) is 13.0. The lowest BCUT2D eigenvalue weighted by atomic mass is 9.83. The molecule has 0 bridgehead atoms. The first kappa shape index (κ1) is 19.7. The van der Waals surface area contributed by atoms with Gasteiger partial charge in [-0.3, -0.25) is 0 Å². The number of methoxy groups -OCH3 is 2. The van der Waals surface area contributed by atoms with E-state index < -0.39 is 0 Å². The Morgan fingerprint density at radius 1 is 1.00 bits per heavy atom. The molecule has 0 spiro atoms. The molecule has 0 saturated carbocycles. The average molecular weight is 370 g/mol. The van der Waals surface area contributed by atoms with E-state index in [9.17, 15) is 0 Å². The molecule has 1 saturated heterocycles. The van der Waals surface area contributed by atoms with Crippen molar-refractivity contribution in [2.24, 2.45) is 5.92 Å². The van der Waals surface area contributed by atoms with Crippen LogP contribution in [0.5, 0.6) is 11.5 Å². The van der Waals surface area contributed by atoms with Gasteiger partial charge >= 0.3 is 0 Å². The molecule has 1 N–H and O–H groups in total. The molecule has 1 heterocycles. The van der Waals surface area contributed by atoms with Crippen molar-refractivity contribution in [2.75, 3.05) is 20.8 Å². The highest BCUT2D eigenvalue weighted by Crippen LogP contribution is 2.31.